The number of rotatable bonds is 8. The van der Waals surface area contributed by atoms with E-state index < -0.39 is 5.91 Å². The fraction of sp³-hybridized carbons (Fsp3) is 0.182. The quantitative estimate of drug-likeness (QED) is 0.437. The first-order valence-electron chi connectivity index (χ1n) is 8.48. The topological polar surface area (TPSA) is 71.3 Å². The molecule has 138 valence electrons. The van der Waals surface area contributed by atoms with E-state index in [9.17, 15) is 10.1 Å². The van der Waals surface area contributed by atoms with Crippen molar-refractivity contribution in [3.05, 3.63) is 77.9 Å². The second kappa shape index (κ2) is 9.83. The minimum absolute atomic E-state index is 0.0135. The van der Waals surface area contributed by atoms with Crippen LogP contribution >= 0.6 is 0 Å². The first-order chi connectivity index (χ1) is 13.1. The molecule has 0 aliphatic carbocycles. The highest BCUT2D eigenvalue weighted by atomic mass is 16.5. The van der Waals surface area contributed by atoms with Gasteiger partial charge in [0.05, 0.1) is 13.2 Å². The van der Waals surface area contributed by atoms with Crippen LogP contribution in [0.25, 0.3) is 6.08 Å². The van der Waals surface area contributed by atoms with Crippen LogP contribution in [0.5, 0.6) is 11.5 Å². The lowest BCUT2D eigenvalue weighted by Crippen LogP contribution is -2.27. The van der Waals surface area contributed by atoms with Gasteiger partial charge in [-0.05, 0) is 36.3 Å². The van der Waals surface area contributed by atoms with Gasteiger partial charge in [-0.25, -0.2) is 0 Å². The minimum Gasteiger partial charge on any atom is -0.493 e. The maximum atomic E-state index is 12.5. The van der Waals surface area contributed by atoms with E-state index in [1.165, 1.54) is 13.2 Å². The molecule has 0 radical (unpaired) electrons. The largest absolute Gasteiger partial charge is 0.493 e. The average Bonchev–Trinajstić information content (AvgIpc) is 2.71. The van der Waals surface area contributed by atoms with Gasteiger partial charge in [-0.1, -0.05) is 49.1 Å². The maximum Gasteiger partial charge on any atom is 0.262 e. The Balaban J connectivity index is 2.18. The van der Waals surface area contributed by atoms with Gasteiger partial charge in [0.1, 0.15) is 18.2 Å². The molecule has 0 aromatic heterocycles. The molecule has 2 rings (SSSR count). The number of benzene rings is 2. The Morgan fingerprint density at radius 2 is 2.00 bits per heavy atom. The van der Waals surface area contributed by atoms with E-state index in [-0.39, 0.29) is 11.6 Å². The molecule has 0 spiro atoms. The molecular weight excluding hydrogens is 340 g/mol. The SMILES string of the molecule is C=CCOc1ccc(/C=C(\C#N)C(=O)N[C@H](C)c2ccccc2)cc1OC. The normalized spacial score (nSPS) is 11.8. The van der Waals surface area contributed by atoms with Crippen LogP contribution in [0, 0.1) is 11.3 Å². The number of ether oxygens (including phenoxy) is 2. The summed E-state index contributed by atoms with van der Waals surface area (Å²) in [6.45, 7) is 5.84. The third-order valence-corrected chi connectivity index (χ3v) is 3.87. The van der Waals surface area contributed by atoms with Crippen molar-refractivity contribution in [1.82, 2.24) is 5.32 Å². The van der Waals surface area contributed by atoms with Crippen molar-refractivity contribution in [3.63, 3.8) is 0 Å². The van der Waals surface area contributed by atoms with Gasteiger partial charge < -0.3 is 14.8 Å². The van der Waals surface area contributed by atoms with Gasteiger partial charge in [-0.3, -0.25) is 4.79 Å². The summed E-state index contributed by atoms with van der Waals surface area (Å²) < 4.78 is 10.8. The molecule has 0 saturated heterocycles. The predicted octanol–water partition coefficient (Wildman–Crippen LogP) is 4.04. The number of nitrogens with one attached hydrogen (secondary N) is 1. The number of hydrogen-bond acceptors (Lipinski definition) is 4. The van der Waals surface area contributed by atoms with Crippen LogP contribution in [0.4, 0.5) is 0 Å². The second-order valence-corrected chi connectivity index (χ2v) is 5.79. The molecule has 0 unspecified atom stereocenters. The Hall–Kier alpha value is -3.52. The summed E-state index contributed by atoms with van der Waals surface area (Å²) in [6.07, 6.45) is 3.16. The summed E-state index contributed by atoms with van der Waals surface area (Å²) in [6, 6.07) is 16.5. The van der Waals surface area contributed by atoms with Gasteiger partial charge in [-0.15, -0.1) is 0 Å². The minimum atomic E-state index is -0.431. The molecule has 0 heterocycles. The highest BCUT2D eigenvalue weighted by Gasteiger charge is 2.14. The molecule has 2 aromatic rings. The number of hydrogen-bond donors (Lipinski definition) is 1. The summed E-state index contributed by atoms with van der Waals surface area (Å²) >= 11 is 0. The van der Waals surface area contributed by atoms with E-state index in [4.69, 9.17) is 9.47 Å². The van der Waals surface area contributed by atoms with Crippen molar-refractivity contribution in [2.75, 3.05) is 13.7 Å². The van der Waals surface area contributed by atoms with Crippen LogP contribution in [0.1, 0.15) is 24.1 Å². The molecule has 1 N–H and O–H groups in total. The molecular formula is C22H22N2O3. The van der Waals surface area contributed by atoms with E-state index in [0.717, 1.165) is 5.56 Å². The van der Waals surface area contributed by atoms with Gasteiger partial charge in [-0.2, -0.15) is 5.26 Å². The highest BCUT2D eigenvalue weighted by Crippen LogP contribution is 2.29. The molecule has 0 aliphatic rings. The molecule has 5 nitrogen and oxygen atoms in total. The number of amides is 1. The zero-order chi connectivity index (χ0) is 19.6. The molecule has 27 heavy (non-hydrogen) atoms. The van der Waals surface area contributed by atoms with Gasteiger partial charge in [0.15, 0.2) is 11.5 Å². The zero-order valence-corrected chi connectivity index (χ0v) is 15.4. The van der Waals surface area contributed by atoms with E-state index in [0.29, 0.717) is 23.7 Å². The van der Waals surface area contributed by atoms with Crippen LogP contribution in [-0.2, 0) is 4.79 Å². The molecule has 2 aromatic carbocycles. The number of methoxy groups -OCH3 is 1. The molecule has 1 amide bonds. The molecule has 0 saturated carbocycles. The lowest BCUT2D eigenvalue weighted by atomic mass is 10.1. The Morgan fingerprint density at radius 1 is 1.26 bits per heavy atom. The van der Waals surface area contributed by atoms with E-state index in [1.54, 1.807) is 24.3 Å². The van der Waals surface area contributed by atoms with Gasteiger partial charge in [0.2, 0.25) is 0 Å². The van der Waals surface area contributed by atoms with E-state index in [2.05, 4.69) is 11.9 Å². The van der Waals surface area contributed by atoms with Crippen LogP contribution < -0.4 is 14.8 Å². The van der Waals surface area contributed by atoms with Crippen LogP contribution in [0.2, 0.25) is 0 Å². The fourth-order valence-corrected chi connectivity index (χ4v) is 2.46. The smallest absolute Gasteiger partial charge is 0.262 e. The second-order valence-electron chi connectivity index (χ2n) is 5.79. The first kappa shape index (κ1) is 19.8. The molecule has 0 fully saturated rings. The Morgan fingerprint density at radius 3 is 2.63 bits per heavy atom. The summed E-state index contributed by atoms with van der Waals surface area (Å²) in [5.41, 5.74) is 1.64. The lowest BCUT2D eigenvalue weighted by Gasteiger charge is -2.14. The molecule has 1 atom stereocenters. The van der Waals surface area contributed by atoms with Crippen LogP contribution in [-0.4, -0.2) is 19.6 Å². The Bertz CT molecular complexity index is 867. The zero-order valence-electron chi connectivity index (χ0n) is 15.4. The lowest BCUT2D eigenvalue weighted by molar-refractivity contribution is -0.117. The Labute approximate surface area is 159 Å². The third-order valence-electron chi connectivity index (χ3n) is 3.87. The third kappa shape index (κ3) is 5.48. The van der Waals surface area contributed by atoms with E-state index >= 15 is 0 Å². The van der Waals surface area contributed by atoms with Gasteiger partial charge in [0.25, 0.3) is 5.91 Å². The van der Waals surface area contributed by atoms with E-state index in [1.807, 2.05) is 43.3 Å². The maximum absolute atomic E-state index is 12.5. The number of carbonyl (C=O) groups excluding carboxylic acids is 1. The van der Waals surface area contributed by atoms with Crippen LogP contribution in [0.3, 0.4) is 0 Å². The summed E-state index contributed by atoms with van der Waals surface area (Å²) in [4.78, 5) is 12.5. The molecule has 0 aliphatic heterocycles. The number of nitriles is 1. The summed E-state index contributed by atoms with van der Waals surface area (Å²) in [5.74, 6) is 0.649. The fourth-order valence-electron chi connectivity index (χ4n) is 2.46. The number of carbonyl (C=O) groups is 1. The van der Waals surface area contributed by atoms with Crippen molar-refractivity contribution in [2.24, 2.45) is 0 Å². The number of nitrogens with zero attached hydrogens (tertiary/aromatic N) is 1. The van der Waals surface area contributed by atoms with Crippen LogP contribution in [0.15, 0.2) is 66.8 Å². The summed E-state index contributed by atoms with van der Waals surface area (Å²) in [7, 11) is 1.53. The van der Waals surface area contributed by atoms with Crippen molar-refractivity contribution in [2.45, 2.75) is 13.0 Å². The molecule has 0 bridgehead atoms. The average molecular weight is 362 g/mol. The first-order valence-corrected chi connectivity index (χ1v) is 8.48. The summed E-state index contributed by atoms with van der Waals surface area (Å²) in [5, 5.41) is 12.2. The van der Waals surface area contributed by atoms with Crippen molar-refractivity contribution >= 4 is 12.0 Å². The highest BCUT2D eigenvalue weighted by molar-refractivity contribution is 6.01. The Kier molecular flexibility index (Phi) is 7.21. The van der Waals surface area contributed by atoms with Crippen molar-refractivity contribution in [1.29, 1.82) is 5.26 Å². The predicted molar refractivity (Wildman–Crippen MR) is 105 cm³/mol. The standard InChI is InChI=1S/C22H22N2O3/c1-4-12-27-20-11-10-17(14-21(20)26-3)13-19(15-23)22(25)24-16(2)18-8-6-5-7-9-18/h4-11,13-14,16H,1,12H2,2-3H3,(H,24,25)/b19-13+/t16-/m1/s1. The molecule has 5 heteroatoms. The monoisotopic (exact) mass is 362 g/mol. The van der Waals surface area contributed by atoms with Gasteiger partial charge in [0, 0.05) is 0 Å². The van der Waals surface area contributed by atoms with Crippen molar-refractivity contribution < 1.29 is 14.3 Å². The van der Waals surface area contributed by atoms with Crippen molar-refractivity contribution in [3.8, 4) is 17.6 Å². The van der Waals surface area contributed by atoms with Gasteiger partial charge >= 0.3 is 0 Å².